The van der Waals surface area contributed by atoms with E-state index in [1.54, 1.807) is 0 Å². The predicted octanol–water partition coefficient (Wildman–Crippen LogP) is 5.25. The van der Waals surface area contributed by atoms with Gasteiger partial charge >= 0.3 is 0 Å². The molecule has 0 aromatic heterocycles. The van der Waals surface area contributed by atoms with Crippen LogP contribution in [-0.4, -0.2) is 13.6 Å². The zero-order valence-electron chi connectivity index (χ0n) is 13.2. The second kappa shape index (κ2) is 57.8. The van der Waals surface area contributed by atoms with Gasteiger partial charge in [0.15, 0.2) is 0 Å². The summed E-state index contributed by atoms with van der Waals surface area (Å²) in [5.41, 5.74) is 0. The van der Waals surface area contributed by atoms with Gasteiger partial charge in [0.1, 0.15) is 0 Å². The van der Waals surface area contributed by atoms with E-state index in [-0.39, 0.29) is 18.6 Å². The minimum atomic E-state index is 0. The molecule has 0 aromatic rings. The van der Waals surface area contributed by atoms with Crippen molar-refractivity contribution >= 4 is 0 Å². The van der Waals surface area contributed by atoms with Crippen molar-refractivity contribution in [2.24, 2.45) is 0 Å². The van der Waals surface area contributed by atoms with E-state index in [2.05, 4.69) is 26.1 Å². The Morgan fingerprint density at radius 3 is 1.06 bits per heavy atom. The van der Waals surface area contributed by atoms with Crippen molar-refractivity contribution in [3.63, 3.8) is 0 Å². The van der Waals surface area contributed by atoms with Crippen LogP contribution in [0.15, 0.2) is 0 Å². The SMILES string of the molecule is CC.CC.CCCCCC.CCCNC.[V]. The Labute approximate surface area is 118 Å². The van der Waals surface area contributed by atoms with Gasteiger partial charge in [0.05, 0.1) is 0 Å². The monoisotopic (exact) mass is 270 g/mol. The van der Waals surface area contributed by atoms with E-state index in [1.165, 1.54) is 32.1 Å². The molecule has 0 aromatic carbocycles. The molecular formula is C14H37NV. The van der Waals surface area contributed by atoms with Crippen molar-refractivity contribution in [2.75, 3.05) is 13.6 Å². The van der Waals surface area contributed by atoms with Crippen LogP contribution in [-0.2, 0) is 18.6 Å². The Morgan fingerprint density at radius 2 is 1.00 bits per heavy atom. The van der Waals surface area contributed by atoms with Gasteiger partial charge in [-0.2, -0.15) is 0 Å². The van der Waals surface area contributed by atoms with Gasteiger partial charge in [-0.15, -0.1) is 0 Å². The van der Waals surface area contributed by atoms with Crippen LogP contribution in [0.5, 0.6) is 0 Å². The van der Waals surface area contributed by atoms with E-state index < -0.39 is 0 Å². The van der Waals surface area contributed by atoms with E-state index in [0.717, 1.165) is 6.54 Å². The summed E-state index contributed by atoms with van der Waals surface area (Å²) in [5.74, 6) is 0. The molecule has 16 heavy (non-hydrogen) atoms. The molecule has 1 N–H and O–H groups in total. The van der Waals surface area contributed by atoms with E-state index in [0.29, 0.717) is 0 Å². The van der Waals surface area contributed by atoms with Crippen molar-refractivity contribution in [1.82, 2.24) is 5.32 Å². The van der Waals surface area contributed by atoms with Gasteiger partial charge in [-0.1, -0.05) is 74.1 Å². The second-order valence-electron chi connectivity index (χ2n) is 2.81. The maximum atomic E-state index is 3.02. The molecule has 0 amide bonds. The minimum absolute atomic E-state index is 0. The summed E-state index contributed by atoms with van der Waals surface area (Å²) in [6.45, 7) is 15.8. The summed E-state index contributed by atoms with van der Waals surface area (Å²) in [4.78, 5) is 0. The maximum absolute atomic E-state index is 3.02. The quantitative estimate of drug-likeness (QED) is 0.673. The molecule has 0 bridgehead atoms. The zero-order chi connectivity index (χ0) is 12.9. The van der Waals surface area contributed by atoms with Gasteiger partial charge in [0, 0.05) is 18.6 Å². The predicted molar refractivity (Wildman–Crippen MR) is 76.7 cm³/mol. The topological polar surface area (TPSA) is 12.0 Å². The molecule has 0 saturated heterocycles. The largest absolute Gasteiger partial charge is 0.320 e. The third-order valence-electron chi connectivity index (χ3n) is 1.46. The summed E-state index contributed by atoms with van der Waals surface area (Å²) in [5, 5.41) is 3.02. The molecule has 0 aliphatic rings. The number of rotatable bonds is 5. The normalized spacial score (nSPS) is 6.75. The molecule has 0 heterocycles. The number of hydrogen-bond donors (Lipinski definition) is 1. The Hall–Kier alpha value is 0.544. The summed E-state index contributed by atoms with van der Waals surface area (Å²) in [6, 6.07) is 0. The molecule has 103 valence electrons. The minimum Gasteiger partial charge on any atom is -0.320 e. The van der Waals surface area contributed by atoms with Gasteiger partial charge in [0.2, 0.25) is 0 Å². The second-order valence-corrected chi connectivity index (χ2v) is 2.81. The van der Waals surface area contributed by atoms with Crippen LogP contribution >= 0.6 is 0 Å². The molecule has 0 atom stereocenters. The van der Waals surface area contributed by atoms with E-state index in [9.17, 15) is 0 Å². The first kappa shape index (κ1) is 30.0. The van der Waals surface area contributed by atoms with Crippen LogP contribution in [0.2, 0.25) is 0 Å². The number of hydrogen-bond acceptors (Lipinski definition) is 1. The Bertz CT molecular complexity index is 44.0. The van der Waals surface area contributed by atoms with Crippen molar-refractivity contribution in [1.29, 1.82) is 0 Å². The molecule has 0 rings (SSSR count). The van der Waals surface area contributed by atoms with Crippen molar-refractivity contribution in [3.8, 4) is 0 Å². The molecule has 1 nitrogen and oxygen atoms in total. The van der Waals surface area contributed by atoms with Gasteiger partial charge < -0.3 is 5.32 Å². The smallest absolute Gasteiger partial charge is 0 e. The molecule has 0 fully saturated rings. The van der Waals surface area contributed by atoms with Crippen LogP contribution in [0.1, 0.15) is 80.6 Å². The summed E-state index contributed by atoms with van der Waals surface area (Å²) >= 11 is 0. The van der Waals surface area contributed by atoms with Crippen LogP contribution in [0.25, 0.3) is 0 Å². The average Bonchev–Trinajstić information content (AvgIpc) is 2.33. The van der Waals surface area contributed by atoms with Crippen molar-refractivity contribution in [2.45, 2.75) is 80.6 Å². The molecule has 2 heteroatoms. The van der Waals surface area contributed by atoms with Gasteiger partial charge in [-0.05, 0) is 20.0 Å². The molecule has 0 aliphatic heterocycles. The first-order valence-corrected chi connectivity index (χ1v) is 6.97. The summed E-state index contributed by atoms with van der Waals surface area (Å²) in [6.07, 6.45) is 6.77. The van der Waals surface area contributed by atoms with E-state index in [1.807, 2.05) is 34.7 Å². The van der Waals surface area contributed by atoms with E-state index in [4.69, 9.17) is 0 Å². The standard InChI is InChI=1S/C6H14.C4H11N.2C2H6.V/c1-3-5-6-4-2;1-3-4-5-2;2*1-2;/h3-6H2,1-2H3;5H,3-4H2,1-2H3;2*1-2H3;. The summed E-state index contributed by atoms with van der Waals surface area (Å²) in [7, 11) is 1.96. The average molecular weight is 270 g/mol. The van der Waals surface area contributed by atoms with Crippen LogP contribution in [0, 0.1) is 0 Å². The molecule has 0 unspecified atom stereocenters. The molecule has 0 aliphatic carbocycles. The number of nitrogens with one attached hydrogen (secondary N) is 1. The third kappa shape index (κ3) is 86.8. The maximum Gasteiger partial charge on any atom is 0 e. The Kier molecular flexibility index (Phi) is 108. The van der Waals surface area contributed by atoms with Crippen LogP contribution in [0.4, 0.5) is 0 Å². The molecule has 1 radical (unpaired) electrons. The first-order valence-electron chi connectivity index (χ1n) is 6.97. The Balaban J connectivity index is -0.0000000369. The van der Waals surface area contributed by atoms with Crippen LogP contribution in [0.3, 0.4) is 0 Å². The number of unbranched alkanes of at least 4 members (excludes halogenated alkanes) is 3. The molecular weight excluding hydrogens is 233 g/mol. The Morgan fingerprint density at radius 1 is 0.688 bits per heavy atom. The van der Waals surface area contributed by atoms with Crippen molar-refractivity contribution in [3.05, 3.63) is 0 Å². The fraction of sp³-hybridized carbons (Fsp3) is 1.00. The van der Waals surface area contributed by atoms with E-state index >= 15 is 0 Å². The van der Waals surface area contributed by atoms with Crippen LogP contribution < -0.4 is 5.32 Å². The molecule has 0 saturated carbocycles. The fourth-order valence-electron chi connectivity index (χ4n) is 0.750. The van der Waals surface area contributed by atoms with Gasteiger partial charge in [-0.3, -0.25) is 0 Å². The third-order valence-corrected chi connectivity index (χ3v) is 1.46. The summed E-state index contributed by atoms with van der Waals surface area (Å²) < 4.78 is 0. The zero-order valence-corrected chi connectivity index (χ0v) is 14.6. The van der Waals surface area contributed by atoms with Crippen molar-refractivity contribution < 1.29 is 18.6 Å². The fourth-order valence-corrected chi connectivity index (χ4v) is 0.750. The van der Waals surface area contributed by atoms with Gasteiger partial charge in [-0.25, -0.2) is 0 Å². The first-order chi connectivity index (χ1) is 7.33. The van der Waals surface area contributed by atoms with Gasteiger partial charge in [0.25, 0.3) is 0 Å². The molecule has 0 spiro atoms.